The number of hydrogen-bond acceptors (Lipinski definition) is 5. The Morgan fingerprint density at radius 2 is 1.78 bits per heavy atom. The predicted molar refractivity (Wildman–Crippen MR) is 147 cm³/mol. The number of hydrogen-bond donors (Lipinski definition) is 0. The number of nitrogens with zero attached hydrogens (tertiary/aromatic N) is 1. The molecule has 184 valence electrons. The van der Waals surface area contributed by atoms with Gasteiger partial charge in [-0.25, -0.2) is 4.90 Å². The van der Waals surface area contributed by atoms with Crippen LogP contribution >= 0.6 is 35.0 Å². The Morgan fingerprint density at radius 3 is 2.47 bits per heavy atom. The lowest BCUT2D eigenvalue weighted by molar-refractivity contribution is -0.113. The number of carbonyl (C=O) groups excluding carboxylic acids is 2. The number of halogens is 2. The summed E-state index contributed by atoms with van der Waals surface area (Å²) in [5, 5.41) is 0.721. The van der Waals surface area contributed by atoms with Gasteiger partial charge in [0.25, 0.3) is 11.1 Å². The Labute approximate surface area is 224 Å². The first-order valence-electron chi connectivity index (χ1n) is 11.2. The van der Waals surface area contributed by atoms with Crippen LogP contribution in [0.3, 0.4) is 0 Å². The fraction of sp³-hybridized carbons (Fsp3) is 0.143. The number of thioether (sulfide) groups is 1. The molecule has 0 atom stereocenters. The zero-order valence-electron chi connectivity index (χ0n) is 19.5. The van der Waals surface area contributed by atoms with Gasteiger partial charge in [-0.2, -0.15) is 0 Å². The second-order valence-corrected chi connectivity index (χ2v) is 9.71. The first kappa shape index (κ1) is 25.9. The normalized spacial score (nSPS) is 14.4. The molecule has 5 nitrogen and oxygen atoms in total. The number of anilines is 1. The molecule has 0 aliphatic carbocycles. The first-order valence-corrected chi connectivity index (χ1v) is 12.8. The molecule has 1 aliphatic rings. The minimum Gasteiger partial charge on any atom is -0.490 e. The van der Waals surface area contributed by atoms with Gasteiger partial charge in [-0.3, -0.25) is 9.59 Å². The molecule has 0 aromatic heterocycles. The van der Waals surface area contributed by atoms with Crippen LogP contribution in [0.2, 0.25) is 10.0 Å². The molecular formula is C28H23Cl2NO4S. The minimum absolute atomic E-state index is 0.307. The smallest absolute Gasteiger partial charge is 0.298 e. The van der Waals surface area contributed by atoms with E-state index < -0.39 is 5.91 Å². The van der Waals surface area contributed by atoms with E-state index in [1.807, 2.05) is 37.3 Å². The van der Waals surface area contributed by atoms with E-state index in [1.54, 1.807) is 42.5 Å². The van der Waals surface area contributed by atoms with E-state index >= 15 is 0 Å². The largest absolute Gasteiger partial charge is 0.490 e. The summed E-state index contributed by atoms with van der Waals surface area (Å²) in [5.74, 6) is 0.751. The lowest BCUT2D eigenvalue weighted by Gasteiger charge is -2.17. The van der Waals surface area contributed by atoms with Gasteiger partial charge in [-0.05, 0) is 84.8 Å². The number of rotatable bonds is 9. The Morgan fingerprint density at radius 1 is 1.00 bits per heavy atom. The van der Waals surface area contributed by atoms with Crippen molar-refractivity contribution in [3.63, 3.8) is 0 Å². The summed E-state index contributed by atoms with van der Waals surface area (Å²) in [6.07, 6.45) is 3.99. The van der Waals surface area contributed by atoms with Crippen LogP contribution in [0.4, 0.5) is 10.5 Å². The average Bonchev–Trinajstić information content (AvgIpc) is 3.12. The predicted octanol–water partition coefficient (Wildman–Crippen LogP) is 7.94. The highest BCUT2D eigenvalue weighted by atomic mass is 35.5. The van der Waals surface area contributed by atoms with Gasteiger partial charge < -0.3 is 9.47 Å². The van der Waals surface area contributed by atoms with Crippen LogP contribution in [0.15, 0.2) is 78.2 Å². The molecule has 8 heteroatoms. The van der Waals surface area contributed by atoms with Crippen molar-refractivity contribution in [1.29, 1.82) is 0 Å². The van der Waals surface area contributed by atoms with Gasteiger partial charge >= 0.3 is 0 Å². The van der Waals surface area contributed by atoms with Gasteiger partial charge in [0, 0.05) is 15.6 Å². The van der Waals surface area contributed by atoms with Gasteiger partial charge in [-0.15, -0.1) is 6.58 Å². The molecule has 1 fully saturated rings. The maximum absolute atomic E-state index is 13.1. The van der Waals surface area contributed by atoms with Crippen molar-refractivity contribution in [2.24, 2.45) is 0 Å². The Bertz CT molecular complexity index is 1340. The van der Waals surface area contributed by atoms with E-state index in [-0.39, 0.29) is 5.24 Å². The van der Waals surface area contributed by atoms with Crippen molar-refractivity contribution in [1.82, 2.24) is 0 Å². The lowest BCUT2D eigenvalue weighted by atomic mass is 10.0. The molecule has 0 radical (unpaired) electrons. The van der Waals surface area contributed by atoms with E-state index in [1.165, 1.54) is 0 Å². The molecule has 0 saturated carbocycles. The number of ether oxygens (including phenoxy) is 2. The van der Waals surface area contributed by atoms with Gasteiger partial charge in [0.1, 0.15) is 6.61 Å². The van der Waals surface area contributed by atoms with Crippen molar-refractivity contribution in [2.75, 3.05) is 11.5 Å². The first-order chi connectivity index (χ1) is 17.4. The summed E-state index contributed by atoms with van der Waals surface area (Å²) in [4.78, 5) is 27.2. The Kier molecular flexibility index (Phi) is 8.41. The summed E-state index contributed by atoms with van der Waals surface area (Å²) < 4.78 is 12.1. The topological polar surface area (TPSA) is 55.8 Å². The molecule has 1 saturated heterocycles. The van der Waals surface area contributed by atoms with Gasteiger partial charge in [0.15, 0.2) is 11.5 Å². The molecule has 4 rings (SSSR count). The van der Waals surface area contributed by atoms with Crippen LogP contribution in [0.1, 0.15) is 23.6 Å². The number of allylic oxidation sites excluding steroid dienone is 1. The summed E-state index contributed by atoms with van der Waals surface area (Å²) in [5.41, 5.74) is 2.96. The van der Waals surface area contributed by atoms with Gasteiger partial charge in [0.05, 0.1) is 17.2 Å². The van der Waals surface area contributed by atoms with Crippen LogP contribution in [0, 0.1) is 0 Å². The zero-order chi connectivity index (χ0) is 25.7. The summed E-state index contributed by atoms with van der Waals surface area (Å²) in [6.45, 7) is 6.51. The molecule has 36 heavy (non-hydrogen) atoms. The summed E-state index contributed by atoms with van der Waals surface area (Å²) in [6, 6.07) is 17.8. The molecule has 0 unspecified atom stereocenters. The van der Waals surface area contributed by atoms with Crippen molar-refractivity contribution < 1.29 is 19.1 Å². The van der Waals surface area contributed by atoms with E-state index in [4.69, 9.17) is 32.7 Å². The molecular weight excluding hydrogens is 517 g/mol. The van der Waals surface area contributed by atoms with E-state index in [0.29, 0.717) is 57.3 Å². The quantitative estimate of drug-likeness (QED) is 0.204. The number of amides is 2. The molecule has 1 heterocycles. The number of imide groups is 1. The van der Waals surface area contributed by atoms with Crippen LogP contribution in [-0.2, 0) is 17.8 Å². The molecule has 0 spiro atoms. The van der Waals surface area contributed by atoms with Crippen LogP contribution in [0.5, 0.6) is 11.5 Å². The molecule has 3 aromatic rings. The third-order valence-electron chi connectivity index (χ3n) is 5.27. The van der Waals surface area contributed by atoms with Crippen LogP contribution in [-0.4, -0.2) is 17.8 Å². The maximum atomic E-state index is 13.1. The van der Waals surface area contributed by atoms with E-state index in [0.717, 1.165) is 27.8 Å². The summed E-state index contributed by atoms with van der Waals surface area (Å²) in [7, 11) is 0. The van der Waals surface area contributed by atoms with Crippen molar-refractivity contribution in [2.45, 2.75) is 20.0 Å². The van der Waals surface area contributed by atoms with Crippen molar-refractivity contribution in [3.8, 4) is 11.5 Å². The standard InChI is InChI=1S/C28H23Cl2NO4S/c1-3-6-20-13-19(14-24(34-4-2)26(20)35-17-18-9-11-21(29)12-10-18)15-25-27(32)31(28(33)36-25)23-8-5-7-22(30)16-23/h3,5,7-16H,1,4,6,17H2,2H3/b25-15+. The highest BCUT2D eigenvalue weighted by molar-refractivity contribution is 8.19. The Hall–Kier alpha value is -3.19. The maximum Gasteiger partial charge on any atom is 0.298 e. The molecule has 1 aliphatic heterocycles. The SMILES string of the molecule is C=CCc1cc(/C=C2/SC(=O)N(c3cccc(Cl)c3)C2=O)cc(OCC)c1OCc1ccc(Cl)cc1. The monoisotopic (exact) mass is 539 g/mol. The number of carbonyl (C=O) groups is 2. The zero-order valence-corrected chi connectivity index (χ0v) is 21.8. The highest BCUT2D eigenvalue weighted by Crippen LogP contribution is 2.39. The second-order valence-electron chi connectivity index (χ2n) is 7.85. The van der Waals surface area contributed by atoms with Gasteiger partial charge in [-0.1, -0.05) is 47.5 Å². The minimum atomic E-state index is -0.404. The fourth-order valence-electron chi connectivity index (χ4n) is 3.69. The third-order valence-corrected chi connectivity index (χ3v) is 6.63. The van der Waals surface area contributed by atoms with Crippen LogP contribution in [0.25, 0.3) is 6.08 Å². The average molecular weight is 540 g/mol. The van der Waals surface area contributed by atoms with Crippen molar-refractivity contribution in [3.05, 3.63) is 105 Å². The summed E-state index contributed by atoms with van der Waals surface area (Å²) >= 11 is 12.9. The van der Waals surface area contributed by atoms with Crippen LogP contribution < -0.4 is 14.4 Å². The Balaban J connectivity index is 1.66. The lowest BCUT2D eigenvalue weighted by Crippen LogP contribution is -2.27. The molecule has 2 amide bonds. The molecule has 3 aromatic carbocycles. The number of benzene rings is 3. The fourth-order valence-corrected chi connectivity index (χ4v) is 4.85. The third kappa shape index (κ3) is 5.95. The molecule has 0 N–H and O–H groups in total. The van der Waals surface area contributed by atoms with Crippen molar-refractivity contribution >= 4 is 57.9 Å². The van der Waals surface area contributed by atoms with E-state index in [2.05, 4.69) is 6.58 Å². The highest BCUT2D eigenvalue weighted by Gasteiger charge is 2.36. The van der Waals surface area contributed by atoms with E-state index in [9.17, 15) is 9.59 Å². The second kappa shape index (κ2) is 11.7. The molecule has 0 bridgehead atoms. The van der Waals surface area contributed by atoms with Gasteiger partial charge in [0.2, 0.25) is 0 Å².